The summed E-state index contributed by atoms with van der Waals surface area (Å²) in [4.78, 5) is 8.33. The largest absolute Gasteiger partial charge is 0.224 e. The van der Waals surface area contributed by atoms with Crippen molar-refractivity contribution in [3.05, 3.63) is 41.3 Å². The fourth-order valence-electron chi connectivity index (χ4n) is 2.09. The van der Waals surface area contributed by atoms with Gasteiger partial charge in [-0.2, -0.15) is 0 Å². The molecule has 18 heavy (non-hydrogen) atoms. The summed E-state index contributed by atoms with van der Waals surface area (Å²) in [6, 6.07) is 9.15. The van der Waals surface area contributed by atoms with Gasteiger partial charge >= 0.3 is 0 Å². The van der Waals surface area contributed by atoms with Crippen molar-refractivity contribution < 1.29 is 8.42 Å². The summed E-state index contributed by atoms with van der Waals surface area (Å²) in [7, 11) is -3.28. The average Bonchev–Trinajstić information content (AvgIpc) is 2.65. The van der Waals surface area contributed by atoms with Crippen LogP contribution in [0.3, 0.4) is 0 Å². The Balaban J connectivity index is 2.35. The highest BCUT2D eigenvalue weighted by atomic mass is 35.5. The molecule has 0 aliphatic carbocycles. The maximum atomic E-state index is 12.0. The molecule has 0 unspecified atom stereocenters. The van der Waals surface area contributed by atoms with E-state index in [4.69, 9.17) is 11.6 Å². The van der Waals surface area contributed by atoms with Crippen LogP contribution in [0, 0.1) is 0 Å². The second-order valence-electron chi connectivity index (χ2n) is 4.05. The van der Waals surface area contributed by atoms with E-state index >= 15 is 0 Å². The van der Waals surface area contributed by atoms with Crippen molar-refractivity contribution in [2.75, 3.05) is 5.75 Å². The minimum absolute atomic E-state index is 0.0805. The second-order valence-corrected chi connectivity index (χ2v) is 6.44. The van der Waals surface area contributed by atoms with E-state index < -0.39 is 9.84 Å². The summed E-state index contributed by atoms with van der Waals surface area (Å²) < 4.78 is 24.1. The third-order valence-corrected chi connectivity index (χ3v) is 4.84. The molecule has 4 nitrogen and oxygen atoms in total. The molecule has 2 aromatic rings. The Morgan fingerprint density at radius 2 is 1.83 bits per heavy atom. The Labute approximate surface area is 110 Å². The van der Waals surface area contributed by atoms with Crippen LogP contribution >= 0.6 is 11.6 Å². The van der Waals surface area contributed by atoms with E-state index in [1.165, 1.54) is 0 Å². The van der Waals surface area contributed by atoms with E-state index in [1.54, 1.807) is 0 Å². The SMILES string of the molecule is O=S1(=O)CCc2nc(Cl)nc(-c3ccccc3)c21. The first-order chi connectivity index (χ1) is 8.58. The molecule has 1 aromatic carbocycles. The first kappa shape index (κ1) is 11.6. The Hall–Kier alpha value is -1.46. The molecule has 0 atom stereocenters. The molecule has 2 heterocycles. The van der Waals surface area contributed by atoms with E-state index in [0.717, 1.165) is 5.56 Å². The van der Waals surface area contributed by atoms with E-state index in [0.29, 0.717) is 17.8 Å². The monoisotopic (exact) mass is 280 g/mol. The fraction of sp³-hybridized carbons (Fsp3) is 0.167. The van der Waals surface area contributed by atoms with Crippen LogP contribution in [0.1, 0.15) is 5.69 Å². The molecule has 0 bridgehead atoms. The van der Waals surface area contributed by atoms with E-state index in [2.05, 4.69) is 9.97 Å². The summed E-state index contributed by atoms with van der Waals surface area (Å²) in [5, 5.41) is 0.0877. The van der Waals surface area contributed by atoms with Crippen molar-refractivity contribution in [3.8, 4) is 11.3 Å². The Morgan fingerprint density at radius 1 is 1.11 bits per heavy atom. The lowest BCUT2D eigenvalue weighted by Crippen LogP contribution is -2.03. The molecular weight excluding hydrogens is 272 g/mol. The van der Waals surface area contributed by atoms with Gasteiger partial charge in [-0.3, -0.25) is 0 Å². The number of aromatic nitrogens is 2. The molecule has 1 aliphatic rings. The molecule has 1 aromatic heterocycles. The number of sulfone groups is 1. The van der Waals surface area contributed by atoms with Gasteiger partial charge in [0, 0.05) is 12.0 Å². The molecule has 0 amide bonds. The van der Waals surface area contributed by atoms with Gasteiger partial charge in [-0.05, 0) is 11.6 Å². The molecule has 0 N–H and O–H groups in total. The van der Waals surface area contributed by atoms with Crippen LogP contribution in [0.15, 0.2) is 35.2 Å². The van der Waals surface area contributed by atoms with E-state index in [-0.39, 0.29) is 15.9 Å². The van der Waals surface area contributed by atoms with Gasteiger partial charge in [-0.1, -0.05) is 30.3 Å². The highest BCUT2D eigenvalue weighted by Gasteiger charge is 2.32. The smallest absolute Gasteiger partial charge is 0.223 e. The molecule has 0 radical (unpaired) electrons. The first-order valence-corrected chi connectivity index (χ1v) is 7.45. The molecule has 0 fully saturated rings. The normalized spacial score (nSPS) is 16.5. The molecule has 0 saturated heterocycles. The lowest BCUT2D eigenvalue weighted by molar-refractivity contribution is 0.600. The number of halogens is 1. The van der Waals surface area contributed by atoms with E-state index in [9.17, 15) is 8.42 Å². The molecule has 3 rings (SSSR count). The predicted molar refractivity (Wildman–Crippen MR) is 68.2 cm³/mol. The molecule has 6 heteroatoms. The van der Waals surface area contributed by atoms with Gasteiger partial charge in [-0.25, -0.2) is 18.4 Å². The van der Waals surface area contributed by atoms with Crippen molar-refractivity contribution in [2.24, 2.45) is 0 Å². The lowest BCUT2D eigenvalue weighted by Gasteiger charge is -2.07. The third-order valence-electron chi connectivity index (χ3n) is 2.87. The Kier molecular flexibility index (Phi) is 2.60. The van der Waals surface area contributed by atoms with Crippen LogP contribution in [0.2, 0.25) is 5.28 Å². The third kappa shape index (κ3) is 1.79. The zero-order chi connectivity index (χ0) is 12.8. The van der Waals surface area contributed by atoms with Crippen LogP contribution in [0.25, 0.3) is 11.3 Å². The summed E-state index contributed by atoms with van der Waals surface area (Å²) in [6.07, 6.45) is 0.403. The quantitative estimate of drug-likeness (QED) is 0.751. The van der Waals surface area contributed by atoms with E-state index in [1.807, 2.05) is 30.3 Å². The van der Waals surface area contributed by atoms with Crippen LogP contribution in [0.4, 0.5) is 0 Å². The Bertz CT molecular complexity index is 714. The topological polar surface area (TPSA) is 59.9 Å². The predicted octanol–water partition coefficient (Wildman–Crippen LogP) is 2.13. The highest BCUT2D eigenvalue weighted by molar-refractivity contribution is 7.91. The van der Waals surface area contributed by atoms with Gasteiger partial charge in [0.25, 0.3) is 0 Å². The number of nitrogens with zero attached hydrogens (tertiary/aromatic N) is 2. The van der Waals surface area contributed by atoms with Crippen molar-refractivity contribution in [1.29, 1.82) is 0 Å². The standard InChI is InChI=1S/C12H9ClN2O2S/c13-12-14-9-6-7-18(16,17)11(9)10(15-12)8-4-2-1-3-5-8/h1-5H,6-7H2. The summed E-state index contributed by atoms with van der Waals surface area (Å²) in [6.45, 7) is 0. The number of hydrogen-bond donors (Lipinski definition) is 0. The van der Waals surface area contributed by atoms with Gasteiger partial charge < -0.3 is 0 Å². The van der Waals surface area contributed by atoms with Gasteiger partial charge in [0.15, 0.2) is 9.84 Å². The first-order valence-electron chi connectivity index (χ1n) is 5.42. The van der Waals surface area contributed by atoms with Crippen molar-refractivity contribution in [3.63, 3.8) is 0 Å². The van der Waals surface area contributed by atoms with Crippen LogP contribution in [0.5, 0.6) is 0 Å². The average molecular weight is 281 g/mol. The lowest BCUT2D eigenvalue weighted by atomic mass is 10.1. The number of aryl methyl sites for hydroxylation is 1. The molecular formula is C12H9ClN2O2S. The van der Waals surface area contributed by atoms with Gasteiger partial charge in [0.2, 0.25) is 5.28 Å². The van der Waals surface area contributed by atoms with Gasteiger partial charge in [0.1, 0.15) is 4.90 Å². The zero-order valence-electron chi connectivity index (χ0n) is 9.30. The maximum absolute atomic E-state index is 12.0. The Morgan fingerprint density at radius 3 is 2.56 bits per heavy atom. The number of hydrogen-bond acceptors (Lipinski definition) is 4. The molecule has 92 valence electrons. The van der Waals surface area contributed by atoms with Gasteiger partial charge in [-0.15, -0.1) is 0 Å². The minimum atomic E-state index is -3.28. The minimum Gasteiger partial charge on any atom is -0.224 e. The second kappa shape index (κ2) is 4.03. The summed E-state index contributed by atoms with van der Waals surface area (Å²) >= 11 is 5.85. The van der Waals surface area contributed by atoms with Crippen LogP contribution in [-0.4, -0.2) is 24.1 Å². The van der Waals surface area contributed by atoms with Crippen molar-refractivity contribution in [2.45, 2.75) is 11.3 Å². The van der Waals surface area contributed by atoms with Gasteiger partial charge in [0.05, 0.1) is 17.1 Å². The summed E-state index contributed by atoms with van der Waals surface area (Å²) in [5.74, 6) is 0.0805. The molecule has 0 saturated carbocycles. The summed E-state index contributed by atoms with van der Waals surface area (Å²) in [5.41, 5.74) is 1.67. The molecule has 0 spiro atoms. The van der Waals surface area contributed by atoms with Crippen LogP contribution in [-0.2, 0) is 16.3 Å². The number of rotatable bonds is 1. The number of fused-ring (bicyclic) bond motifs is 1. The van der Waals surface area contributed by atoms with Crippen molar-refractivity contribution >= 4 is 21.4 Å². The highest BCUT2D eigenvalue weighted by Crippen LogP contribution is 2.33. The maximum Gasteiger partial charge on any atom is 0.223 e. The zero-order valence-corrected chi connectivity index (χ0v) is 10.9. The number of benzene rings is 1. The van der Waals surface area contributed by atoms with Crippen LogP contribution < -0.4 is 0 Å². The fourth-order valence-corrected chi connectivity index (χ4v) is 3.91. The molecule has 1 aliphatic heterocycles. The van der Waals surface area contributed by atoms with Crippen molar-refractivity contribution in [1.82, 2.24) is 9.97 Å².